The maximum Gasteiger partial charge on any atom is 0.175 e. The second kappa shape index (κ2) is 9.49. The van der Waals surface area contributed by atoms with Gasteiger partial charge >= 0.3 is 0 Å². The molecule has 0 fully saturated rings. The van der Waals surface area contributed by atoms with Crippen LogP contribution in [-0.4, -0.2) is 25.4 Å². The SMILES string of the molecule is COc1cc(CNCCO)cc(Br)c1OCc1ccc(Cl)cc1Cl. The van der Waals surface area contributed by atoms with Crippen LogP contribution in [0.5, 0.6) is 11.5 Å². The molecule has 2 aromatic rings. The third kappa shape index (κ3) is 5.26. The lowest BCUT2D eigenvalue weighted by Gasteiger charge is -2.15. The first-order chi connectivity index (χ1) is 11.5. The molecule has 0 unspecified atom stereocenters. The van der Waals surface area contributed by atoms with E-state index in [1.807, 2.05) is 18.2 Å². The van der Waals surface area contributed by atoms with Crippen molar-refractivity contribution in [1.82, 2.24) is 5.32 Å². The molecule has 0 saturated heterocycles. The Hall–Kier alpha value is -0.980. The highest BCUT2D eigenvalue weighted by Crippen LogP contribution is 2.37. The minimum atomic E-state index is 0.0986. The molecule has 0 aliphatic heterocycles. The van der Waals surface area contributed by atoms with E-state index in [1.165, 1.54) is 0 Å². The molecule has 24 heavy (non-hydrogen) atoms. The average Bonchev–Trinajstić information content (AvgIpc) is 2.55. The van der Waals surface area contributed by atoms with Crippen LogP contribution in [-0.2, 0) is 13.2 Å². The van der Waals surface area contributed by atoms with Gasteiger partial charge in [-0.05, 0) is 45.8 Å². The van der Waals surface area contributed by atoms with Crippen LogP contribution in [0, 0.1) is 0 Å². The molecule has 2 aromatic carbocycles. The summed E-state index contributed by atoms with van der Waals surface area (Å²) in [6, 6.07) is 9.14. The van der Waals surface area contributed by atoms with Gasteiger partial charge in [-0.25, -0.2) is 0 Å². The first-order valence-electron chi connectivity index (χ1n) is 7.30. The van der Waals surface area contributed by atoms with Crippen molar-refractivity contribution in [2.75, 3.05) is 20.3 Å². The number of benzene rings is 2. The minimum Gasteiger partial charge on any atom is -0.493 e. The summed E-state index contributed by atoms with van der Waals surface area (Å²) in [5.74, 6) is 1.23. The van der Waals surface area contributed by atoms with Gasteiger partial charge in [0.1, 0.15) is 6.61 Å². The van der Waals surface area contributed by atoms with Gasteiger partial charge in [0.25, 0.3) is 0 Å². The van der Waals surface area contributed by atoms with E-state index < -0.39 is 0 Å². The average molecular weight is 435 g/mol. The molecule has 2 N–H and O–H groups in total. The largest absolute Gasteiger partial charge is 0.493 e. The number of aliphatic hydroxyl groups is 1. The molecule has 0 heterocycles. The van der Waals surface area contributed by atoms with E-state index in [4.69, 9.17) is 37.8 Å². The zero-order valence-corrected chi connectivity index (χ0v) is 16.2. The Morgan fingerprint density at radius 2 is 2.00 bits per heavy atom. The topological polar surface area (TPSA) is 50.7 Å². The summed E-state index contributed by atoms with van der Waals surface area (Å²) in [6.45, 7) is 1.56. The molecular formula is C17H18BrCl2NO3. The Kier molecular flexibility index (Phi) is 7.65. The Labute approximate surface area is 159 Å². The minimum absolute atomic E-state index is 0.0986. The van der Waals surface area contributed by atoms with Gasteiger partial charge in [-0.1, -0.05) is 29.3 Å². The summed E-state index contributed by atoms with van der Waals surface area (Å²) in [5.41, 5.74) is 1.85. The van der Waals surface area contributed by atoms with E-state index >= 15 is 0 Å². The molecule has 0 amide bonds. The van der Waals surface area contributed by atoms with Gasteiger partial charge < -0.3 is 19.9 Å². The van der Waals surface area contributed by atoms with Crippen LogP contribution in [0.2, 0.25) is 10.0 Å². The lowest BCUT2D eigenvalue weighted by molar-refractivity contribution is 0.282. The zero-order chi connectivity index (χ0) is 17.5. The first-order valence-corrected chi connectivity index (χ1v) is 8.84. The molecule has 0 aromatic heterocycles. The normalized spacial score (nSPS) is 10.7. The third-order valence-electron chi connectivity index (χ3n) is 3.29. The van der Waals surface area contributed by atoms with Crippen molar-refractivity contribution in [3.8, 4) is 11.5 Å². The summed E-state index contributed by atoms with van der Waals surface area (Å²) in [7, 11) is 1.59. The second-order valence-corrected chi connectivity index (χ2v) is 6.73. The Morgan fingerprint density at radius 3 is 2.67 bits per heavy atom. The number of nitrogens with one attached hydrogen (secondary N) is 1. The lowest BCUT2D eigenvalue weighted by atomic mass is 10.2. The standard InChI is InChI=1S/C17H18BrCl2NO3/c1-23-16-7-11(9-21-4-5-22)6-14(18)17(16)24-10-12-2-3-13(19)8-15(12)20/h2-3,6-8,21-22H,4-5,9-10H2,1H3. The number of aliphatic hydroxyl groups excluding tert-OH is 1. The van der Waals surface area contributed by atoms with Crippen LogP contribution in [0.15, 0.2) is 34.8 Å². The predicted molar refractivity (Wildman–Crippen MR) is 100 cm³/mol. The fourth-order valence-corrected chi connectivity index (χ4v) is 3.18. The highest BCUT2D eigenvalue weighted by atomic mass is 79.9. The second-order valence-electron chi connectivity index (χ2n) is 5.03. The highest BCUT2D eigenvalue weighted by Gasteiger charge is 2.13. The quantitative estimate of drug-likeness (QED) is 0.603. The lowest BCUT2D eigenvalue weighted by Crippen LogP contribution is -2.17. The molecule has 0 bridgehead atoms. The molecule has 2 rings (SSSR count). The molecule has 0 radical (unpaired) electrons. The molecule has 0 aliphatic carbocycles. The fourth-order valence-electron chi connectivity index (χ4n) is 2.12. The van der Waals surface area contributed by atoms with E-state index in [-0.39, 0.29) is 6.61 Å². The van der Waals surface area contributed by atoms with Gasteiger partial charge in [-0.15, -0.1) is 0 Å². The predicted octanol–water partition coefficient (Wildman–Crippen LogP) is 4.43. The first kappa shape index (κ1) is 19.3. The fraction of sp³-hybridized carbons (Fsp3) is 0.294. The van der Waals surface area contributed by atoms with Crippen molar-refractivity contribution in [2.24, 2.45) is 0 Å². The van der Waals surface area contributed by atoms with Crippen LogP contribution in [0.1, 0.15) is 11.1 Å². The summed E-state index contributed by atoms with van der Waals surface area (Å²) >= 11 is 15.6. The van der Waals surface area contributed by atoms with E-state index in [0.717, 1.165) is 15.6 Å². The Bertz CT molecular complexity index is 698. The molecule has 130 valence electrons. The van der Waals surface area contributed by atoms with E-state index in [1.54, 1.807) is 19.2 Å². The smallest absolute Gasteiger partial charge is 0.175 e. The van der Waals surface area contributed by atoms with Crippen molar-refractivity contribution in [3.63, 3.8) is 0 Å². The van der Waals surface area contributed by atoms with Gasteiger partial charge in [0, 0.05) is 28.7 Å². The monoisotopic (exact) mass is 433 g/mol. The van der Waals surface area contributed by atoms with Crippen molar-refractivity contribution in [3.05, 3.63) is 56.0 Å². The molecular weight excluding hydrogens is 417 g/mol. The van der Waals surface area contributed by atoms with Gasteiger partial charge in [0.2, 0.25) is 0 Å². The molecule has 0 atom stereocenters. The number of hydrogen-bond donors (Lipinski definition) is 2. The van der Waals surface area contributed by atoms with E-state index in [9.17, 15) is 0 Å². The van der Waals surface area contributed by atoms with Gasteiger partial charge in [-0.2, -0.15) is 0 Å². The Morgan fingerprint density at radius 1 is 1.21 bits per heavy atom. The van der Waals surface area contributed by atoms with Gasteiger partial charge in [0.05, 0.1) is 18.2 Å². The molecule has 0 spiro atoms. The molecule has 7 heteroatoms. The Balaban J connectivity index is 2.14. The summed E-state index contributed by atoms with van der Waals surface area (Å²) in [4.78, 5) is 0. The number of hydrogen-bond acceptors (Lipinski definition) is 4. The highest BCUT2D eigenvalue weighted by molar-refractivity contribution is 9.10. The van der Waals surface area contributed by atoms with E-state index in [2.05, 4.69) is 21.2 Å². The maximum absolute atomic E-state index is 8.83. The number of rotatable bonds is 8. The van der Waals surface area contributed by atoms with E-state index in [0.29, 0.717) is 41.2 Å². The summed E-state index contributed by atoms with van der Waals surface area (Å²) < 4.78 is 12.1. The van der Waals surface area contributed by atoms with Crippen molar-refractivity contribution in [2.45, 2.75) is 13.2 Å². The molecule has 0 aliphatic rings. The van der Waals surface area contributed by atoms with Crippen LogP contribution in [0.3, 0.4) is 0 Å². The van der Waals surface area contributed by atoms with Crippen LogP contribution >= 0.6 is 39.1 Å². The number of methoxy groups -OCH3 is 1. The van der Waals surface area contributed by atoms with Crippen LogP contribution in [0.25, 0.3) is 0 Å². The van der Waals surface area contributed by atoms with Crippen molar-refractivity contribution in [1.29, 1.82) is 0 Å². The van der Waals surface area contributed by atoms with Crippen LogP contribution in [0.4, 0.5) is 0 Å². The van der Waals surface area contributed by atoms with Gasteiger partial charge in [-0.3, -0.25) is 0 Å². The number of halogens is 3. The third-order valence-corrected chi connectivity index (χ3v) is 4.47. The molecule has 0 saturated carbocycles. The van der Waals surface area contributed by atoms with Crippen molar-refractivity contribution < 1.29 is 14.6 Å². The van der Waals surface area contributed by atoms with Gasteiger partial charge in [0.15, 0.2) is 11.5 Å². The van der Waals surface area contributed by atoms with Crippen LogP contribution < -0.4 is 14.8 Å². The summed E-state index contributed by atoms with van der Waals surface area (Å²) in [6.07, 6.45) is 0. The van der Waals surface area contributed by atoms with Crippen molar-refractivity contribution >= 4 is 39.1 Å². The zero-order valence-electron chi connectivity index (χ0n) is 13.1. The molecule has 4 nitrogen and oxygen atoms in total. The summed E-state index contributed by atoms with van der Waals surface area (Å²) in [5, 5.41) is 13.1. The maximum atomic E-state index is 8.83. The number of ether oxygens (including phenoxy) is 2.